The predicted octanol–water partition coefficient (Wildman–Crippen LogP) is -2.98. The molecule has 2 aromatic heterocycles. The molecule has 0 aliphatic carbocycles. The van der Waals surface area contributed by atoms with Crippen molar-refractivity contribution < 1.29 is 20.1 Å². The minimum Gasteiger partial charge on any atom is -0.394 e. The summed E-state index contributed by atoms with van der Waals surface area (Å²) in [7, 11) is 0. The summed E-state index contributed by atoms with van der Waals surface area (Å²) in [5.74, 6) is 0. The number of ether oxygens (including phenoxy) is 1. The molecule has 0 unspecified atom stereocenters. The highest BCUT2D eigenvalue weighted by Gasteiger charge is 2.43. The Hall–Kier alpha value is -2.01. The SMILES string of the molecule is O=c1[nH]c(=O)c2ncn([C@H]3O[C@@H](CO)[C@H](O)[C@@H]3O)c2[nH]1. The van der Waals surface area contributed by atoms with Crippen molar-refractivity contribution in [3.63, 3.8) is 0 Å². The lowest BCUT2D eigenvalue weighted by atomic mass is 10.1. The van der Waals surface area contributed by atoms with Gasteiger partial charge >= 0.3 is 5.69 Å². The van der Waals surface area contributed by atoms with E-state index >= 15 is 0 Å². The van der Waals surface area contributed by atoms with Gasteiger partial charge in [0.05, 0.1) is 12.9 Å². The number of nitrogens with zero attached hydrogens (tertiary/aromatic N) is 2. The number of aromatic amines is 2. The summed E-state index contributed by atoms with van der Waals surface area (Å²) in [5.41, 5.74) is -1.36. The molecule has 20 heavy (non-hydrogen) atoms. The van der Waals surface area contributed by atoms with Crippen LogP contribution in [0.15, 0.2) is 15.9 Å². The number of nitrogens with one attached hydrogen (secondary N) is 2. The second-order valence-corrected chi connectivity index (χ2v) is 4.49. The second-order valence-electron chi connectivity index (χ2n) is 4.49. The van der Waals surface area contributed by atoms with Gasteiger partial charge in [-0.25, -0.2) is 9.78 Å². The monoisotopic (exact) mass is 284 g/mol. The number of hydrogen-bond acceptors (Lipinski definition) is 7. The summed E-state index contributed by atoms with van der Waals surface area (Å²) in [6.45, 7) is -0.474. The third-order valence-corrected chi connectivity index (χ3v) is 3.26. The zero-order valence-electron chi connectivity index (χ0n) is 10.1. The average Bonchev–Trinajstić information content (AvgIpc) is 2.93. The Bertz CT molecular complexity index is 748. The molecule has 4 atom stereocenters. The van der Waals surface area contributed by atoms with Crippen LogP contribution in [0.5, 0.6) is 0 Å². The third kappa shape index (κ3) is 1.78. The maximum atomic E-state index is 11.6. The van der Waals surface area contributed by atoms with Crippen LogP contribution >= 0.6 is 0 Å². The molecule has 2 aromatic rings. The minimum atomic E-state index is -1.33. The largest absolute Gasteiger partial charge is 0.394 e. The molecule has 0 aromatic carbocycles. The molecule has 1 aliphatic rings. The molecule has 10 nitrogen and oxygen atoms in total. The van der Waals surface area contributed by atoms with Crippen molar-refractivity contribution in [2.75, 3.05) is 6.61 Å². The highest BCUT2D eigenvalue weighted by atomic mass is 16.6. The molecular formula is C10H12N4O6. The highest BCUT2D eigenvalue weighted by molar-refractivity contribution is 5.68. The van der Waals surface area contributed by atoms with Gasteiger partial charge in [0.25, 0.3) is 5.56 Å². The summed E-state index contributed by atoms with van der Waals surface area (Å²) in [4.78, 5) is 31.1. The minimum absolute atomic E-state index is 0.0256. The summed E-state index contributed by atoms with van der Waals surface area (Å²) in [5, 5.41) is 28.7. The molecule has 1 aliphatic heterocycles. The Morgan fingerprint density at radius 3 is 2.70 bits per heavy atom. The first-order valence-corrected chi connectivity index (χ1v) is 5.84. The molecule has 10 heteroatoms. The van der Waals surface area contributed by atoms with Crippen molar-refractivity contribution in [2.24, 2.45) is 0 Å². The Morgan fingerprint density at radius 1 is 1.30 bits per heavy atom. The fourth-order valence-corrected chi connectivity index (χ4v) is 2.25. The fraction of sp³-hybridized carbons (Fsp3) is 0.500. The van der Waals surface area contributed by atoms with E-state index in [9.17, 15) is 19.8 Å². The second kappa shape index (κ2) is 4.52. The van der Waals surface area contributed by atoms with Crippen LogP contribution in [0.1, 0.15) is 6.23 Å². The van der Waals surface area contributed by atoms with E-state index < -0.39 is 42.4 Å². The molecule has 0 amide bonds. The van der Waals surface area contributed by atoms with Gasteiger partial charge in [0.15, 0.2) is 11.7 Å². The van der Waals surface area contributed by atoms with Gasteiger partial charge in [-0.3, -0.25) is 19.3 Å². The zero-order chi connectivity index (χ0) is 14.4. The Morgan fingerprint density at radius 2 is 2.05 bits per heavy atom. The van der Waals surface area contributed by atoms with Gasteiger partial charge in [-0.1, -0.05) is 0 Å². The van der Waals surface area contributed by atoms with E-state index in [0.717, 1.165) is 0 Å². The van der Waals surface area contributed by atoms with Gasteiger partial charge in [0.2, 0.25) is 0 Å². The number of aliphatic hydroxyl groups is 3. The van der Waals surface area contributed by atoms with Crippen LogP contribution in [-0.4, -0.2) is 59.8 Å². The number of imidazole rings is 1. The number of H-pyrrole nitrogens is 2. The van der Waals surface area contributed by atoms with Crippen LogP contribution in [0, 0.1) is 0 Å². The molecule has 3 heterocycles. The summed E-state index contributed by atoms with van der Waals surface area (Å²) in [6, 6.07) is 0. The number of hydrogen-bond donors (Lipinski definition) is 5. The van der Waals surface area contributed by atoms with Crippen molar-refractivity contribution in [1.29, 1.82) is 0 Å². The van der Waals surface area contributed by atoms with Gasteiger partial charge < -0.3 is 20.1 Å². The van der Waals surface area contributed by atoms with Crippen molar-refractivity contribution >= 4 is 11.2 Å². The summed E-state index contributed by atoms with van der Waals surface area (Å²) < 4.78 is 6.54. The fourth-order valence-electron chi connectivity index (χ4n) is 2.25. The van der Waals surface area contributed by atoms with Gasteiger partial charge in [0, 0.05) is 0 Å². The van der Waals surface area contributed by atoms with E-state index in [-0.39, 0.29) is 11.2 Å². The first-order chi connectivity index (χ1) is 9.52. The molecule has 0 radical (unpaired) electrons. The van der Waals surface area contributed by atoms with Gasteiger partial charge in [-0.15, -0.1) is 0 Å². The van der Waals surface area contributed by atoms with Crippen LogP contribution in [-0.2, 0) is 4.74 Å². The molecule has 108 valence electrons. The van der Waals surface area contributed by atoms with Crippen molar-refractivity contribution in [2.45, 2.75) is 24.5 Å². The van der Waals surface area contributed by atoms with Crippen molar-refractivity contribution in [3.05, 3.63) is 27.2 Å². The topological polar surface area (TPSA) is 153 Å². The Kier molecular flexibility index (Phi) is 2.94. The van der Waals surface area contributed by atoms with E-state index in [0.29, 0.717) is 0 Å². The standard InChI is InChI=1S/C10H12N4O6/c15-1-3-5(16)6(17)9(20-3)14-2-11-4-7(14)12-10(19)13-8(4)18/h2-3,5-6,9,15-17H,1H2,(H2,12,13,18,19)/t3-,5-,6-,9-/m0/s1. The molecule has 1 fully saturated rings. The smallest absolute Gasteiger partial charge is 0.327 e. The molecule has 0 bridgehead atoms. The highest BCUT2D eigenvalue weighted by Crippen LogP contribution is 2.30. The van der Waals surface area contributed by atoms with Crippen molar-refractivity contribution in [1.82, 2.24) is 19.5 Å². The first-order valence-electron chi connectivity index (χ1n) is 5.84. The normalized spacial score (nSPS) is 30.1. The maximum Gasteiger partial charge on any atom is 0.327 e. The zero-order valence-corrected chi connectivity index (χ0v) is 10.1. The number of aromatic nitrogens is 4. The number of fused-ring (bicyclic) bond motifs is 1. The van der Waals surface area contributed by atoms with Crippen LogP contribution < -0.4 is 11.2 Å². The molecular weight excluding hydrogens is 272 g/mol. The van der Waals surface area contributed by atoms with Gasteiger partial charge in [-0.05, 0) is 0 Å². The van der Waals surface area contributed by atoms with Crippen LogP contribution in [0.4, 0.5) is 0 Å². The molecule has 5 N–H and O–H groups in total. The van der Waals surface area contributed by atoms with Crippen molar-refractivity contribution in [3.8, 4) is 0 Å². The van der Waals surface area contributed by atoms with E-state index in [4.69, 9.17) is 9.84 Å². The molecule has 1 saturated heterocycles. The molecule has 0 spiro atoms. The quantitative estimate of drug-likeness (QED) is 0.394. The Balaban J connectivity index is 2.12. The van der Waals surface area contributed by atoms with Gasteiger partial charge in [0.1, 0.15) is 24.0 Å². The van der Waals surface area contributed by atoms with Crippen LogP contribution in [0.25, 0.3) is 11.2 Å². The maximum absolute atomic E-state index is 11.6. The first kappa shape index (κ1) is 13.0. The lowest BCUT2D eigenvalue weighted by molar-refractivity contribution is -0.0511. The Labute approximate surface area is 110 Å². The van der Waals surface area contributed by atoms with E-state index in [1.165, 1.54) is 10.9 Å². The van der Waals surface area contributed by atoms with Gasteiger partial charge in [-0.2, -0.15) is 0 Å². The number of rotatable bonds is 2. The third-order valence-electron chi connectivity index (χ3n) is 3.26. The summed E-state index contributed by atoms with van der Waals surface area (Å²) in [6.07, 6.45) is -3.43. The van der Waals surface area contributed by atoms with Crippen LogP contribution in [0.3, 0.4) is 0 Å². The predicted molar refractivity (Wildman–Crippen MR) is 64.0 cm³/mol. The van der Waals surface area contributed by atoms with E-state index in [2.05, 4.69) is 9.97 Å². The van der Waals surface area contributed by atoms with E-state index in [1.807, 2.05) is 4.98 Å². The molecule has 3 rings (SSSR count). The van der Waals surface area contributed by atoms with E-state index in [1.54, 1.807) is 0 Å². The number of aliphatic hydroxyl groups excluding tert-OH is 3. The van der Waals surface area contributed by atoms with Crippen LogP contribution in [0.2, 0.25) is 0 Å². The molecule has 0 saturated carbocycles. The lowest BCUT2D eigenvalue weighted by Gasteiger charge is -2.16. The summed E-state index contributed by atoms with van der Waals surface area (Å²) >= 11 is 0. The average molecular weight is 284 g/mol. The lowest BCUT2D eigenvalue weighted by Crippen LogP contribution is -2.33.